The minimum atomic E-state index is -0.792. The molecule has 1 aromatic heterocycles. The Balaban J connectivity index is 1.28. The van der Waals surface area contributed by atoms with Crippen LogP contribution in [0.1, 0.15) is 55.8 Å². The Morgan fingerprint density at radius 2 is 1.71 bits per heavy atom. The minimum Gasteiger partial charge on any atom is -0.449 e. The SMILES string of the molecule is C[C@H](OC(=O)c1cn(C)c2ccccc12)C(=O)NC12CC3CC(CC(C3)C1)C2. The van der Waals surface area contributed by atoms with Crippen molar-refractivity contribution >= 4 is 22.8 Å². The van der Waals surface area contributed by atoms with Crippen LogP contribution in [0.2, 0.25) is 0 Å². The molecular formula is C23H28N2O3. The Labute approximate surface area is 165 Å². The Morgan fingerprint density at radius 1 is 1.11 bits per heavy atom. The molecule has 0 radical (unpaired) electrons. The Morgan fingerprint density at radius 3 is 2.36 bits per heavy atom. The summed E-state index contributed by atoms with van der Waals surface area (Å²) in [6.07, 6.45) is 8.26. The number of nitrogens with one attached hydrogen (secondary N) is 1. The van der Waals surface area contributed by atoms with Gasteiger partial charge in [-0.2, -0.15) is 0 Å². The van der Waals surface area contributed by atoms with Crippen LogP contribution < -0.4 is 5.32 Å². The zero-order valence-corrected chi connectivity index (χ0v) is 16.6. The molecule has 0 unspecified atom stereocenters. The summed E-state index contributed by atoms with van der Waals surface area (Å²) in [4.78, 5) is 25.6. The first-order chi connectivity index (χ1) is 13.4. The molecule has 1 heterocycles. The summed E-state index contributed by atoms with van der Waals surface area (Å²) < 4.78 is 7.48. The second-order valence-electron chi connectivity index (χ2n) is 9.41. The summed E-state index contributed by atoms with van der Waals surface area (Å²) in [5.74, 6) is 1.70. The van der Waals surface area contributed by atoms with Crippen molar-refractivity contribution in [1.29, 1.82) is 0 Å². The molecule has 148 valence electrons. The highest BCUT2D eigenvalue weighted by molar-refractivity contribution is 6.05. The number of hydrogen-bond donors (Lipinski definition) is 1. The standard InChI is InChI=1S/C23H28N2O3/c1-14(28-22(27)19-13-25(2)20-6-4-3-5-18(19)20)21(26)24-23-10-15-7-16(11-23)9-17(8-15)12-23/h3-6,13-17H,7-12H2,1-2H3,(H,24,26)/t14-,15?,16?,17?,23?/m0/s1. The first-order valence-electron chi connectivity index (χ1n) is 10.5. The van der Waals surface area contributed by atoms with E-state index in [1.807, 2.05) is 35.9 Å². The van der Waals surface area contributed by atoms with Crippen molar-refractivity contribution in [2.24, 2.45) is 24.8 Å². The highest BCUT2D eigenvalue weighted by Crippen LogP contribution is 2.55. The lowest BCUT2D eigenvalue weighted by atomic mass is 9.53. The Kier molecular flexibility index (Phi) is 4.04. The van der Waals surface area contributed by atoms with E-state index in [1.54, 1.807) is 13.1 Å². The topological polar surface area (TPSA) is 60.3 Å². The molecule has 4 fully saturated rings. The molecule has 1 aromatic carbocycles. The average molecular weight is 380 g/mol. The summed E-state index contributed by atoms with van der Waals surface area (Å²) in [5.41, 5.74) is 1.42. The van der Waals surface area contributed by atoms with Gasteiger partial charge in [0, 0.05) is 29.7 Å². The van der Waals surface area contributed by atoms with Crippen LogP contribution in [0, 0.1) is 17.8 Å². The molecule has 0 aliphatic heterocycles. The molecular weight excluding hydrogens is 352 g/mol. The van der Waals surface area contributed by atoms with Gasteiger partial charge in [0.1, 0.15) is 0 Å². The zero-order valence-electron chi connectivity index (χ0n) is 16.6. The first kappa shape index (κ1) is 17.8. The smallest absolute Gasteiger partial charge is 0.341 e. The van der Waals surface area contributed by atoms with Crippen molar-refractivity contribution in [3.05, 3.63) is 36.0 Å². The van der Waals surface area contributed by atoms with Crippen LogP contribution in [-0.2, 0) is 16.6 Å². The molecule has 4 aliphatic rings. The molecule has 4 bridgehead atoms. The number of benzene rings is 1. The van der Waals surface area contributed by atoms with Gasteiger partial charge in [-0.05, 0) is 69.3 Å². The molecule has 6 rings (SSSR count). The Bertz CT molecular complexity index is 909. The van der Waals surface area contributed by atoms with Crippen LogP contribution in [0.5, 0.6) is 0 Å². The number of aryl methyl sites for hydroxylation is 1. The van der Waals surface area contributed by atoms with Crippen LogP contribution in [0.4, 0.5) is 0 Å². The van der Waals surface area contributed by atoms with E-state index < -0.39 is 12.1 Å². The van der Waals surface area contributed by atoms with Crippen molar-refractivity contribution in [3.63, 3.8) is 0 Å². The maximum absolute atomic E-state index is 12.9. The lowest BCUT2D eigenvalue weighted by Gasteiger charge is -2.57. The van der Waals surface area contributed by atoms with E-state index in [2.05, 4.69) is 5.32 Å². The normalized spacial score (nSPS) is 31.7. The molecule has 4 aliphatic carbocycles. The van der Waals surface area contributed by atoms with Crippen LogP contribution in [-0.4, -0.2) is 28.1 Å². The Hall–Kier alpha value is -2.30. The van der Waals surface area contributed by atoms with Gasteiger partial charge < -0.3 is 14.6 Å². The molecule has 5 nitrogen and oxygen atoms in total. The van der Waals surface area contributed by atoms with Gasteiger partial charge >= 0.3 is 5.97 Å². The molecule has 2 aromatic rings. The molecule has 0 spiro atoms. The fourth-order valence-electron chi connectivity index (χ4n) is 6.41. The minimum absolute atomic E-state index is 0.0635. The van der Waals surface area contributed by atoms with Gasteiger partial charge in [-0.25, -0.2) is 4.79 Å². The van der Waals surface area contributed by atoms with Gasteiger partial charge in [0.05, 0.1) is 5.56 Å². The van der Waals surface area contributed by atoms with Crippen molar-refractivity contribution in [3.8, 4) is 0 Å². The first-order valence-corrected chi connectivity index (χ1v) is 10.5. The second-order valence-corrected chi connectivity index (χ2v) is 9.41. The van der Waals surface area contributed by atoms with Gasteiger partial charge in [-0.15, -0.1) is 0 Å². The lowest BCUT2D eigenvalue weighted by molar-refractivity contribution is -0.134. The van der Waals surface area contributed by atoms with E-state index in [4.69, 9.17) is 4.74 Å². The predicted molar refractivity (Wildman–Crippen MR) is 107 cm³/mol. The van der Waals surface area contributed by atoms with E-state index in [1.165, 1.54) is 19.3 Å². The number of rotatable bonds is 4. The number of esters is 1. The van der Waals surface area contributed by atoms with Crippen molar-refractivity contribution in [2.75, 3.05) is 0 Å². The molecule has 0 saturated heterocycles. The lowest BCUT2D eigenvalue weighted by Crippen LogP contribution is -2.61. The van der Waals surface area contributed by atoms with Gasteiger partial charge in [0.2, 0.25) is 0 Å². The highest BCUT2D eigenvalue weighted by atomic mass is 16.5. The third-order valence-corrected chi connectivity index (χ3v) is 7.20. The van der Waals surface area contributed by atoms with Crippen molar-refractivity contribution in [2.45, 2.75) is 57.1 Å². The number of fused-ring (bicyclic) bond motifs is 1. The van der Waals surface area contributed by atoms with E-state index in [-0.39, 0.29) is 11.4 Å². The quantitative estimate of drug-likeness (QED) is 0.821. The van der Waals surface area contributed by atoms with Crippen LogP contribution >= 0.6 is 0 Å². The summed E-state index contributed by atoms with van der Waals surface area (Å²) in [5, 5.41) is 4.15. The molecule has 5 heteroatoms. The predicted octanol–water partition coefficient (Wildman–Crippen LogP) is 3.81. The zero-order chi connectivity index (χ0) is 19.5. The molecule has 1 amide bonds. The third-order valence-electron chi connectivity index (χ3n) is 7.20. The van der Waals surface area contributed by atoms with Crippen molar-refractivity contribution < 1.29 is 14.3 Å². The number of carbonyl (C=O) groups is 2. The number of carbonyl (C=O) groups excluding carboxylic acids is 2. The van der Waals surface area contributed by atoms with Crippen LogP contribution in [0.25, 0.3) is 10.9 Å². The van der Waals surface area contributed by atoms with E-state index in [0.29, 0.717) is 5.56 Å². The monoisotopic (exact) mass is 380 g/mol. The van der Waals surface area contributed by atoms with E-state index >= 15 is 0 Å². The van der Waals surface area contributed by atoms with E-state index in [0.717, 1.165) is 47.9 Å². The van der Waals surface area contributed by atoms with Crippen LogP contribution in [0.3, 0.4) is 0 Å². The number of para-hydroxylation sites is 1. The largest absolute Gasteiger partial charge is 0.449 e. The average Bonchev–Trinajstić information content (AvgIpc) is 2.97. The fraction of sp³-hybridized carbons (Fsp3) is 0.565. The summed E-state index contributed by atoms with van der Waals surface area (Å²) in [6, 6.07) is 7.72. The van der Waals surface area contributed by atoms with Crippen LogP contribution in [0.15, 0.2) is 30.5 Å². The fourth-order valence-corrected chi connectivity index (χ4v) is 6.41. The molecule has 1 N–H and O–H groups in total. The summed E-state index contributed by atoms with van der Waals surface area (Å²) in [6.45, 7) is 1.68. The molecule has 4 saturated carbocycles. The van der Waals surface area contributed by atoms with Crippen molar-refractivity contribution in [1.82, 2.24) is 9.88 Å². The highest BCUT2D eigenvalue weighted by Gasteiger charge is 2.51. The maximum atomic E-state index is 12.9. The number of aromatic nitrogens is 1. The molecule has 28 heavy (non-hydrogen) atoms. The maximum Gasteiger partial charge on any atom is 0.341 e. The number of nitrogens with zero attached hydrogens (tertiary/aromatic N) is 1. The third kappa shape index (κ3) is 2.92. The second kappa shape index (κ2) is 6.36. The number of amides is 1. The number of ether oxygens (including phenoxy) is 1. The van der Waals surface area contributed by atoms with Gasteiger partial charge in [-0.1, -0.05) is 18.2 Å². The van der Waals surface area contributed by atoms with Gasteiger partial charge in [0.25, 0.3) is 5.91 Å². The van der Waals surface area contributed by atoms with Gasteiger partial charge in [-0.3, -0.25) is 4.79 Å². The number of hydrogen-bond acceptors (Lipinski definition) is 3. The summed E-state index contributed by atoms with van der Waals surface area (Å²) >= 11 is 0. The van der Waals surface area contributed by atoms with Gasteiger partial charge in [0.15, 0.2) is 6.10 Å². The molecule has 1 atom stereocenters. The summed E-state index contributed by atoms with van der Waals surface area (Å²) in [7, 11) is 1.91. The van der Waals surface area contributed by atoms with E-state index in [9.17, 15) is 9.59 Å².